The summed E-state index contributed by atoms with van der Waals surface area (Å²) in [6, 6.07) is 2.12. The van der Waals surface area contributed by atoms with Gasteiger partial charge in [-0.3, -0.25) is 38.1 Å². The number of nitrogens with zero attached hydrogens (tertiary/aromatic N) is 3. The highest BCUT2D eigenvalue weighted by atomic mass is 32.2. The summed E-state index contributed by atoms with van der Waals surface area (Å²) in [5, 5.41) is 39.3. The monoisotopic (exact) mass is 1560 g/mol. The summed E-state index contributed by atoms with van der Waals surface area (Å²) in [5.74, 6) is -6.52. The molecule has 5 aliphatic carbocycles. The highest BCUT2D eigenvalue weighted by Gasteiger charge is 2.80. The van der Waals surface area contributed by atoms with Crippen LogP contribution in [0.4, 0.5) is 24.1 Å². The van der Waals surface area contributed by atoms with Crippen molar-refractivity contribution >= 4 is 69.0 Å². The number of halogens is 2. The number of alkyl carbamates (subject to hydrolysis) is 1. The predicted molar refractivity (Wildman–Crippen MR) is 388 cm³/mol. The number of ether oxygens (including phenoxy) is 8. The van der Waals surface area contributed by atoms with E-state index in [0.717, 1.165) is 37.5 Å². The number of aliphatic hydroxyl groups is 1. The molecule has 608 valence electrons. The molecule has 14 atom stereocenters. The lowest BCUT2D eigenvalue weighted by molar-refractivity contribution is -0.233. The van der Waals surface area contributed by atoms with E-state index < -0.39 is 158 Å². The number of anilines is 1. The standard InChI is InChI=1S/C73H110F2N12O21S/c1-6-13-62-107-59-40-49-50-39-52(74)51-38-48(88)22-24-70(51,4)72(50,75)57(89)41-71(49,5)73(59,108-62)58(90)42-81-69(97)106-43-46-18-20-47(21-19-46)82-66(94)54(15-12-26-80-68(77)96)83-67(95)63(45(2)3)84-65(93)53(76)14-10-11-25-78-61(92)44-105-56-17-9-7-8-16-55-64(56)85-86-87(55)28-30-102-32-34-104-36-35-103-33-31-101-29-23-60(91)79-27-37-109(98,99)100/h18-22,24,38,45,49-50,52-54,56-57,59,62-63,89H,6-17,23,25-37,39-44,76H2,1-5H3,(H,78,92)(H,79,91)(H,81,97)(H,82,94)(H,83,95)(H,84,93)(H3,77,80,96)(H,98,99,100)/t49?,50-,52-,53+,54-,56?,57-,59+,62?,63-,70-,71-,72-,73+/m0/s1. The Morgan fingerprint density at radius 3 is 2.19 bits per heavy atom. The molecule has 0 bridgehead atoms. The van der Waals surface area contributed by atoms with Crippen molar-refractivity contribution in [3.8, 4) is 0 Å². The average Bonchev–Trinajstić information content (AvgIpc) is 1.54. The van der Waals surface area contributed by atoms with E-state index in [-0.39, 0.29) is 102 Å². The van der Waals surface area contributed by atoms with Crippen molar-refractivity contribution in [2.75, 3.05) is 96.7 Å². The Hall–Kier alpha value is -7.52. The van der Waals surface area contributed by atoms with Crippen molar-refractivity contribution in [3.63, 3.8) is 0 Å². The molecule has 0 radical (unpaired) electrons. The fraction of sp³-hybridized carbons (Fsp3) is 0.712. The third-order valence-electron chi connectivity index (χ3n) is 21.5. The van der Waals surface area contributed by atoms with Crippen LogP contribution in [0.2, 0.25) is 0 Å². The molecule has 1 saturated heterocycles. The van der Waals surface area contributed by atoms with Gasteiger partial charge in [-0.05, 0) is 131 Å². The molecule has 36 heteroatoms. The van der Waals surface area contributed by atoms with Gasteiger partial charge in [-0.15, -0.1) is 5.10 Å². The normalized spacial score (nSPS) is 26.3. The molecule has 3 unspecified atom stereocenters. The van der Waals surface area contributed by atoms with E-state index >= 15 is 8.78 Å². The Balaban J connectivity index is 0.724. The summed E-state index contributed by atoms with van der Waals surface area (Å²) in [4.78, 5) is 118. The van der Waals surface area contributed by atoms with Crippen molar-refractivity contribution in [2.24, 2.45) is 40.1 Å². The van der Waals surface area contributed by atoms with Gasteiger partial charge < -0.3 is 91.7 Å². The van der Waals surface area contributed by atoms with Gasteiger partial charge in [-0.1, -0.05) is 70.4 Å². The molecule has 6 aliphatic rings. The summed E-state index contributed by atoms with van der Waals surface area (Å²) in [6.07, 6.45) is 3.37. The van der Waals surface area contributed by atoms with E-state index in [0.29, 0.717) is 95.2 Å². The summed E-state index contributed by atoms with van der Waals surface area (Å²) in [7, 11) is -4.14. The van der Waals surface area contributed by atoms with Crippen LogP contribution in [0.5, 0.6) is 0 Å². The molecule has 2 aromatic rings. The second-order valence-electron chi connectivity index (χ2n) is 29.4. The van der Waals surface area contributed by atoms with E-state index in [1.165, 1.54) is 31.2 Å². The van der Waals surface area contributed by atoms with E-state index in [1.807, 2.05) is 6.92 Å². The number of Topliss-reactive ketones (excluding diaryl/α,β-unsaturated/α-hetero) is 1. The molecule has 1 aromatic carbocycles. The van der Waals surface area contributed by atoms with Crippen LogP contribution in [-0.2, 0) is 101 Å². The Labute approximate surface area is 633 Å². The topological polar surface area (TPSA) is 469 Å². The number of amides is 8. The van der Waals surface area contributed by atoms with Gasteiger partial charge in [0.1, 0.15) is 43.3 Å². The molecule has 3 saturated carbocycles. The molecule has 1 aromatic heterocycles. The maximum absolute atomic E-state index is 18.0. The molecule has 2 heterocycles. The molecular weight excluding hydrogens is 1450 g/mol. The van der Waals surface area contributed by atoms with Crippen molar-refractivity contribution in [2.45, 2.75) is 211 Å². The zero-order chi connectivity index (χ0) is 79.1. The van der Waals surface area contributed by atoms with Gasteiger partial charge in [0.05, 0.1) is 95.6 Å². The number of primary amides is 1. The lowest BCUT2D eigenvalue weighted by Gasteiger charge is -2.63. The third-order valence-corrected chi connectivity index (χ3v) is 22.2. The molecular formula is C73H110F2N12O21S. The number of carbonyl (C=O) groups excluding carboxylic acids is 9. The minimum absolute atomic E-state index is 0.0253. The van der Waals surface area contributed by atoms with Crippen molar-refractivity contribution in [1.29, 1.82) is 0 Å². The van der Waals surface area contributed by atoms with Crippen LogP contribution in [0.3, 0.4) is 0 Å². The van der Waals surface area contributed by atoms with Gasteiger partial charge in [-0.25, -0.2) is 23.1 Å². The molecule has 8 amide bonds. The van der Waals surface area contributed by atoms with E-state index in [2.05, 4.69) is 47.5 Å². The lowest BCUT2D eigenvalue weighted by atomic mass is 9.44. The molecule has 109 heavy (non-hydrogen) atoms. The van der Waals surface area contributed by atoms with Gasteiger partial charge in [-0.2, -0.15) is 8.42 Å². The summed E-state index contributed by atoms with van der Waals surface area (Å²) in [5.41, 5.74) is 6.91. The SMILES string of the molecule is CCCC1O[C@@H]2CC3[C@@H]4C[C@H](F)C5=CC(=O)C=C[C@]5(C)[C@@]4(F)[C@@H](O)C[C@]3(C)[C@]2(C(=O)CNC(=O)OCc2ccc(NC(=O)[C@H](CCCNC(N)=O)NC(=O)[C@@H](NC(=O)[C@H](N)CCCCNC(=O)COC3CCCCCc4c3nnn4CCOCCOCCOCCOCCC(=O)NCCS(=O)(=O)O)C(C)C)cc2)O1. The average molecular weight is 1560 g/mol. The van der Waals surface area contributed by atoms with Crippen LogP contribution in [0.15, 0.2) is 48.1 Å². The maximum atomic E-state index is 18.0. The number of hydrogen-bond donors (Lipinski definition) is 11. The van der Waals surface area contributed by atoms with Crippen LogP contribution < -0.4 is 48.7 Å². The first-order chi connectivity index (χ1) is 51.9. The van der Waals surface area contributed by atoms with Crippen LogP contribution in [0.25, 0.3) is 0 Å². The van der Waals surface area contributed by atoms with Crippen LogP contribution >= 0.6 is 0 Å². The summed E-state index contributed by atoms with van der Waals surface area (Å²) < 4.78 is 113. The summed E-state index contributed by atoms with van der Waals surface area (Å²) >= 11 is 0. The van der Waals surface area contributed by atoms with Gasteiger partial charge in [0.15, 0.2) is 29.1 Å². The number of alkyl halides is 2. The van der Waals surface area contributed by atoms with E-state index in [4.69, 9.17) is 53.9 Å². The van der Waals surface area contributed by atoms with Crippen LogP contribution in [0, 0.1) is 28.6 Å². The Bertz CT molecular complexity index is 3630. The fourth-order valence-corrected chi connectivity index (χ4v) is 16.2. The highest BCUT2D eigenvalue weighted by molar-refractivity contribution is 7.85. The van der Waals surface area contributed by atoms with Gasteiger partial charge in [0.2, 0.25) is 29.5 Å². The number of fused-ring (bicyclic) bond motifs is 8. The molecule has 33 nitrogen and oxygen atoms in total. The van der Waals surface area contributed by atoms with Crippen LogP contribution in [-0.4, -0.2) is 232 Å². The number of rotatable bonds is 44. The lowest BCUT2D eigenvalue weighted by Crippen LogP contribution is -2.71. The number of aliphatic hydroxyl groups excluding tert-OH is 1. The number of hydrogen-bond acceptors (Lipinski definition) is 23. The molecule has 1 aliphatic heterocycles. The number of nitrogens with two attached hydrogens (primary N) is 2. The second kappa shape index (κ2) is 40.6. The number of benzene rings is 1. The van der Waals surface area contributed by atoms with E-state index in [9.17, 15) is 56.7 Å². The zero-order valence-corrected chi connectivity index (χ0v) is 63.6. The fourth-order valence-electron chi connectivity index (χ4n) is 15.8. The Morgan fingerprint density at radius 2 is 1.50 bits per heavy atom. The minimum atomic E-state index is -4.14. The number of unbranched alkanes of at least 4 members (excludes halogenated alkanes) is 1. The smallest absolute Gasteiger partial charge is 0.407 e. The first kappa shape index (κ1) is 87.1. The van der Waals surface area contributed by atoms with Gasteiger partial charge >= 0.3 is 12.1 Å². The molecule has 0 spiro atoms. The second-order valence-corrected chi connectivity index (χ2v) is 31.0. The quantitative estimate of drug-likeness (QED) is 0.0335. The first-order valence-corrected chi connectivity index (χ1v) is 39.4. The zero-order valence-electron chi connectivity index (χ0n) is 62.8. The van der Waals surface area contributed by atoms with Gasteiger partial charge in [0.25, 0.3) is 10.1 Å². The molecule has 8 rings (SSSR count). The number of aromatic nitrogens is 3. The number of ketones is 2. The highest BCUT2D eigenvalue weighted by Crippen LogP contribution is 2.72. The van der Waals surface area contributed by atoms with Crippen molar-refractivity contribution < 1.29 is 108 Å². The number of urea groups is 1. The van der Waals surface area contributed by atoms with Crippen molar-refractivity contribution in [3.05, 3.63) is 65.0 Å². The number of allylic oxidation sites excluding steroid dienone is 4. The number of carbonyl (C=O) groups is 9. The third kappa shape index (κ3) is 22.9. The molecule has 4 fully saturated rings. The van der Waals surface area contributed by atoms with Crippen LogP contribution in [0.1, 0.15) is 154 Å². The first-order valence-electron chi connectivity index (χ1n) is 37.8. The van der Waals surface area contributed by atoms with E-state index in [1.54, 1.807) is 37.6 Å². The predicted octanol–water partition coefficient (Wildman–Crippen LogP) is 3.24. The van der Waals surface area contributed by atoms with Crippen molar-refractivity contribution in [1.82, 2.24) is 46.9 Å². The Morgan fingerprint density at radius 1 is 0.817 bits per heavy atom. The largest absolute Gasteiger partial charge is 0.445 e. The Kier molecular flexibility index (Phi) is 32.4. The van der Waals surface area contributed by atoms with Gasteiger partial charge in [0, 0.05) is 48.5 Å². The minimum Gasteiger partial charge on any atom is -0.445 e. The maximum Gasteiger partial charge on any atom is 0.407 e. The molecule has 13 N–H and O–H groups in total. The number of nitrogens with one attached hydrogen (secondary N) is 7. The summed E-state index contributed by atoms with van der Waals surface area (Å²) in [6.45, 7) is 10.5.